The molecular formula is C14H22N4O4S. The number of rotatable bonds is 3. The molecule has 0 aromatic carbocycles. The second-order valence-electron chi connectivity index (χ2n) is 5.78. The fraction of sp³-hybridized carbons (Fsp3) is 0.714. The van der Waals surface area contributed by atoms with Gasteiger partial charge in [0.25, 0.3) is 0 Å². The van der Waals surface area contributed by atoms with E-state index in [1.54, 1.807) is 0 Å². The highest BCUT2D eigenvalue weighted by Crippen LogP contribution is 2.25. The molecule has 0 N–H and O–H groups in total. The van der Waals surface area contributed by atoms with Crippen molar-refractivity contribution in [2.24, 2.45) is 0 Å². The minimum Gasteiger partial charge on any atom is -0.378 e. The van der Waals surface area contributed by atoms with Crippen molar-refractivity contribution in [3.05, 3.63) is 17.6 Å². The van der Waals surface area contributed by atoms with Crippen molar-refractivity contribution >= 4 is 15.8 Å². The molecule has 0 bridgehead atoms. The van der Waals surface area contributed by atoms with Crippen LogP contribution in [0, 0.1) is 6.92 Å². The van der Waals surface area contributed by atoms with Gasteiger partial charge in [0.15, 0.2) is 0 Å². The van der Waals surface area contributed by atoms with E-state index in [0.717, 1.165) is 24.6 Å². The Hall–Kier alpha value is -1.29. The van der Waals surface area contributed by atoms with Gasteiger partial charge < -0.3 is 14.4 Å². The third kappa shape index (κ3) is 3.97. The van der Waals surface area contributed by atoms with E-state index in [4.69, 9.17) is 9.47 Å². The highest BCUT2D eigenvalue weighted by molar-refractivity contribution is 7.88. The van der Waals surface area contributed by atoms with Gasteiger partial charge in [-0.3, -0.25) is 0 Å². The Morgan fingerprint density at radius 1 is 1.17 bits per heavy atom. The average molecular weight is 342 g/mol. The van der Waals surface area contributed by atoms with Crippen molar-refractivity contribution < 1.29 is 17.9 Å². The van der Waals surface area contributed by atoms with E-state index >= 15 is 0 Å². The number of sulfonamides is 1. The first-order valence-electron chi connectivity index (χ1n) is 7.68. The molecule has 3 heterocycles. The van der Waals surface area contributed by atoms with Crippen molar-refractivity contribution in [2.45, 2.75) is 13.0 Å². The molecule has 9 heteroatoms. The van der Waals surface area contributed by atoms with Gasteiger partial charge in [0, 0.05) is 32.2 Å². The van der Waals surface area contributed by atoms with Crippen molar-refractivity contribution in [1.82, 2.24) is 14.3 Å². The molecule has 2 aliphatic heterocycles. The summed E-state index contributed by atoms with van der Waals surface area (Å²) >= 11 is 0. The molecular weight excluding hydrogens is 320 g/mol. The van der Waals surface area contributed by atoms with Crippen LogP contribution >= 0.6 is 0 Å². The van der Waals surface area contributed by atoms with E-state index in [-0.39, 0.29) is 12.6 Å². The number of aryl methyl sites for hydroxylation is 1. The lowest BCUT2D eigenvalue weighted by Gasteiger charge is -2.32. The number of ether oxygens (including phenoxy) is 2. The summed E-state index contributed by atoms with van der Waals surface area (Å²) < 4.78 is 36.1. The lowest BCUT2D eigenvalue weighted by atomic mass is 10.2. The molecule has 3 rings (SSSR count). The van der Waals surface area contributed by atoms with Crippen LogP contribution in [0.25, 0.3) is 0 Å². The molecule has 1 aromatic heterocycles. The minimum atomic E-state index is -3.22. The fourth-order valence-corrected chi connectivity index (χ4v) is 3.61. The summed E-state index contributed by atoms with van der Waals surface area (Å²) in [6.45, 7) is 5.82. The monoisotopic (exact) mass is 342 g/mol. The van der Waals surface area contributed by atoms with Gasteiger partial charge in [-0.05, 0) is 6.92 Å². The molecule has 128 valence electrons. The van der Waals surface area contributed by atoms with Crippen LogP contribution in [-0.2, 0) is 19.5 Å². The zero-order valence-electron chi connectivity index (χ0n) is 13.4. The van der Waals surface area contributed by atoms with Crippen molar-refractivity contribution in [2.75, 3.05) is 57.2 Å². The van der Waals surface area contributed by atoms with Crippen LogP contribution in [0.15, 0.2) is 6.07 Å². The summed E-state index contributed by atoms with van der Waals surface area (Å²) in [6.07, 6.45) is 0.861. The lowest BCUT2D eigenvalue weighted by Crippen LogP contribution is -2.42. The zero-order valence-corrected chi connectivity index (χ0v) is 14.3. The number of nitrogens with zero attached hydrogens (tertiary/aromatic N) is 4. The molecule has 2 aliphatic rings. The second-order valence-corrected chi connectivity index (χ2v) is 7.76. The zero-order chi connectivity index (χ0) is 16.4. The molecule has 2 saturated heterocycles. The lowest BCUT2D eigenvalue weighted by molar-refractivity contribution is -0.00487. The van der Waals surface area contributed by atoms with E-state index in [9.17, 15) is 8.42 Å². The summed E-state index contributed by atoms with van der Waals surface area (Å²) in [5, 5.41) is 0. The van der Waals surface area contributed by atoms with Crippen LogP contribution < -0.4 is 4.90 Å². The predicted molar refractivity (Wildman–Crippen MR) is 84.9 cm³/mol. The van der Waals surface area contributed by atoms with Gasteiger partial charge in [-0.2, -0.15) is 4.31 Å². The van der Waals surface area contributed by atoms with Gasteiger partial charge in [0.05, 0.1) is 31.8 Å². The van der Waals surface area contributed by atoms with Crippen LogP contribution in [0.3, 0.4) is 0 Å². The van der Waals surface area contributed by atoms with Gasteiger partial charge in [0.1, 0.15) is 17.7 Å². The Bertz CT molecular complexity index is 661. The van der Waals surface area contributed by atoms with Crippen molar-refractivity contribution in [3.8, 4) is 0 Å². The van der Waals surface area contributed by atoms with Crippen molar-refractivity contribution in [3.63, 3.8) is 0 Å². The topological polar surface area (TPSA) is 84.9 Å². The number of morpholine rings is 2. The molecule has 8 nitrogen and oxygen atoms in total. The Kier molecular flexibility index (Phi) is 4.81. The Balaban J connectivity index is 1.83. The van der Waals surface area contributed by atoms with Gasteiger partial charge in [-0.25, -0.2) is 18.4 Å². The quantitative estimate of drug-likeness (QED) is 0.761. The van der Waals surface area contributed by atoms with E-state index in [2.05, 4.69) is 14.9 Å². The molecule has 1 unspecified atom stereocenters. The summed E-state index contributed by atoms with van der Waals surface area (Å²) in [4.78, 5) is 11.1. The number of anilines is 1. The number of hydrogen-bond donors (Lipinski definition) is 0. The Morgan fingerprint density at radius 2 is 1.91 bits per heavy atom. The van der Waals surface area contributed by atoms with Gasteiger partial charge in [-0.1, -0.05) is 0 Å². The maximum atomic E-state index is 11.8. The molecule has 0 radical (unpaired) electrons. The van der Waals surface area contributed by atoms with Gasteiger partial charge in [0.2, 0.25) is 10.0 Å². The summed E-state index contributed by atoms with van der Waals surface area (Å²) in [7, 11) is -3.22. The van der Waals surface area contributed by atoms with Crippen LogP contribution in [0.4, 0.5) is 5.82 Å². The van der Waals surface area contributed by atoms with E-state index < -0.39 is 10.0 Å². The first-order chi connectivity index (χ1) is 10.9. The number of hydrogen-bond acceptors (Lipinski definition) is 7. The molecule has 0 amide bonds. The van der Waals surface area contributed by atoms with Crippen LogP contribution in [0.2, 0.25) is 0 Å². The fourth-order valence-electron chi connectivity index (χ4n) is 2.80. The first-order valence-corrected chi connectivity index (χ1v) is 9.53. The van der Waals surface area contributed by atoms with Crippen LogP contribution in [-0.4, -0.2) is 74.9 Å². The van der Waals surface area contributed by atoms with Crippen LogP contribution in [0.5, 0.6) is 0 Å². The summed E-state index contributed by atoms with van der Waals surface area (Å²) in [5.74, 6) is 1.50. The van der Waals surface area contributed by atoms with Crippen LogP contribution in [0.1, 0.15) is 17.6 Å². The third-order valence-corrected chi connectivity index (χ3v) is 5.28. The standard InChI is InChI=1S/C14H22N4O4S/c1-11-15-12(9-14(16-11)17-3-6-21-7-4-17)13-10-18(5-8-22-13)23(2,19)20/h9,13H,3-8,10H2,1-2H3. The molecule has 23 heavy (non-hydrogen) atoms. The minimum absolute atomic E-state index is 0.290. The maximum absolute atomic E-state index is 11.8. The van der Waals surface area contributed by atoms with Gasteiger partial charge >= 0.3 is 0 Å². The number of aromatic nitrogens is 2. The van der Waals surface area contributed by atoms with E-state index in [1.807, 2.05) is 13.0 Å². The van der Waals surface area contributed by atoms with Gasteiger partial charge in [-0.15, -0.1) is 0 Å². The van der Waals surface area contributed by atoms with Crippen molar-refractivity contribution in [1.29, 1.82) is 0 Å². The highest BCUT2D eigenvalue weighted by Gasteiger charge is 2.29. The molecule has 1 aromatic rings. The normalized spacial score (nSPS) is 23.9. The van der Waals surface area contributed by atoms with E-state index in [0.29, 0.717) is 32.2 Å². The highest BCUT2D eigenvalue weighted by atomic mass is 32.2. The largest absolute Gasteiger partial charge is 0.378 e. The predicted octanol–water partition coefficient (Wildman–Crippen LogP) is -0.0455. The summed E-state index contributed by atoms with van der Waals surface area (Å²) in [6, 6.07) is 1.90. The second kappa shape index (κ2) is 6.68. The van der Waals surface area contributed by atoms with E-state index in [1.165, 1.54) is 10.6 Å². The molecule has 1 atom stereocenters. The Morgan fingerprint density at radius 3 is 2.61 bits per heavy atom. The molecule has 0 saturated carbocycles. The summed E-state index contributed by atoms with van der Waals surface area (Å²) in [5.41, 5.74) is 0.729. The molecule has 2 fully saturated rings. The molecule has 0 spiro atoms. The average Bonchev–Trinajstić information content (AvgIpc) is 2.54. The molecule has 0 aliphatic carbocycles. The smallest absolute Gasteiger partial charge is 0.211 e. The first kappa shape index (κ1) is 16.6. The SMILES string of the molecule is Cc1nc(C2CN(S(C)(=O)=O)CCO2)cc(N2CCOCC2)n1. The third-order valence-electron chi connectivity index (χ3n) is 4.01. The Labute approximate surface area is 136 Å². The maximum Gasteiger partial charge on any atom is 0.211 e.